The Balaban J connectivity index is 3.12. The molecule has 0 radical (unpaired) electrons. The Bertz CT molecular complexity index is 255. The maximum Gasteiger partial charge on any atom is 0.131 e. The van der Waals surface area contributed by atoms with Gasteiger partial charge in [0.15, 0.2) is 0 Å². The van der Waals surface area contributed by atoms with Crippen LogP contribution in [0.5, 0.6) is 0 Å². The number of anilines is 1. The third-order valence-electron chi connectivity index (χ3n) is 1.87. The third kappa shape index (κ3) is 1.69. The van der Waals surface area contributed by atoms with E-state index in [1.54, 1.807) is 11.8 Å². The number of rotatable bonds is 2. The second-order valence-corrected chi connectivity index (χ2v) is 3.81. The largest absolute Gasteiger partial charge is 0.383 e. The van der Waals surface area contributed by atoms with Crippen molar-refractivity contribution in [3.8, 4) is 0 Å². The molecule has 3 nitrogen and oxygen atoms in total. The van der Waals surface area contributed by atoms with Gasteiger partial charge in [-0.2, -0.15) is 11.8 Å². The lowest BCUT2D eigenvalue weighted by Crippen LogP contribution is -2.03. The molecule has 0 aliphatic carbocycles. The van der Waals surface area contributed by atoms with Crippen LogP contribution in [0.2, 0.25) is 0 Å². The first-order valence-corrected chi connectivity index (χ1v) is 5.05. The summed E-state index contributed by atoms with van der Waals surface area (Å²) < 4.78 is 0. The van der Waals surface area contributed by atoms with Gasteiger partial charge >= 0.3 is 0 Å². The summed E-state index contributed by atoms with van der Waals surface area (Å²) in [7, 11) is 0. The molecule has 0 spiro atoms. The number of hydrogen-bond acceptors (Lipinski definition) is 4. The molecule has 0 aromatic carbocycles. The minimum absolute atomic E-state index is 0.367. The minimum Gasteiger partial charge on any atom is -0.383 e. The van der Waals surface area contributed by atoms with Crippen LogP contribution in [0.4, 0.5) is 5.82 Å². The smallest absolute Gasteiger partial charge is 0.131 e. The van der Waals surface area contributed by atoms with Crippen LogP contribution in [0, 0.1) is 6.92 Å². The van der Waals surface area contributed by atoms with E-state index >= 15 is 0 Å². The van der Waals surface area contributed by atoms with Crippen LogP contribution in [0.1, 0.15) is 23.4 Å². The molecule has 1 aromatic rings. The zero-order chi connectivity index (χ0) is 9.14. The topological polar surface area (TPSA) is 51.8 Å². The molecule has 0 amide bonds. The van der Waals surface area contributed by atoms with E-state index in [1.807, 2.05) is 6.92 Å². The molecule has 0 unspecified atom stereocenters. The molecule has 12 heavy (non-hydrogen) atoms. The van der Waals surface area contributed by atoms with Crippen molar-refractivity contribution in [3.05, 3.63) is 17.6 Å². The minimum atomic E-state index is 0.367. The van der Waals surface area contributed by atoms with E-state index in [9.17, 15) is 0 Å². The normalized spacial score (nSPS) is 12.9. The second-order valence-electron chi connectivity index (χ2n) is 2.64. The average molecular weight is 183 g/mol. The van der Waals surface area contributed by atoms with Gasteiger partial charge in [-0.3, -0.25) is 0 Å². The first-order valence-electron chi connectivity index (χ1n) is 3.76. The maximum atomic E-state index is 5.73. The van der Waals surface area contributed by atoms with Crippen molar-refractivity contribution in [1.82, 2.24) is 9.97 Å². The van der Waals surface area contributed by atoms with Gasteiger partial charge in [0.1, 0.15) is 12.1 Å². The maximum absolute atomic E-state index is 5.73. The van der Waals surface area contributed by atoms with Crippen molar-refractivity contribution >= 4 is 17.6 Å². The number of thioether (sulfide) groups is 1. The van der Waals surface area contributed by atoms with Crippen LogP contribution in [-0.2, 0) is 0 Å². The molecule has 0 aliphatic rings. The number of aryl methyl sites for hydroxylation is 1. The molecule has 0 fully saturated rings. The Kier molecular flexibility index (Phi) is 2.92. The van der Waals surface area contributed by atoms with Crippen molar-refractivity contribution in [1.29, 1.82) is 0 Å². The number of aromatic nitrogens is 2. The zero-order valence-electron chi connectivity index (χ0n) is 7.53. The van der Waals surface area contributed by atoms with Gasteiger partial charge in [0, 0.05) is 16.5 Å². The molecule has 1 rings (SSSR count). The monoisotopic (exact) mass is 183 g/mol. The third-order valence-corrected chi connectivity index (χ3v) is 2.82. The predicted octanol–water partition coefficient (Wildman–Crippen LogP) is 1.79. The summed E-state index contributed by atoms with van der Waals surface area (Å²) in [4.78, 5) is 8.07. The van der Waals surface area contributed by atoms with E-state index in [2.05, 4.69) is 23.1 Å². The lowest BCUT2D eigenvalue weighted by Gasteiger charge is -2.12. The molecule has 0 saturated heterocycles. The number of nitrogens with zero attached hydrogens (tertiary/aromatic N) is 2. The highest BCUT2D eigenvalue weighted by Crippen LogP contribution is 2.30. The second kappa shape index (κ2) is 3.76. The van der Waals surface area contributed by atoms with E-state index in [4.69, 9.17) is 5.73 Å². The summed E-state index contributed by atoms with van der Waals surface area (Å²) in [5, 5.41) is 0.367. The quantitative estimate of drug-likeness (QED) is 0.759. The average Bonchev–Trinajstić information content (AvgIpc) is 2.03. The Hall–Kier alpha value is -0.770. The van der Waals surface area contributed by atoms with Gasteiger partial charge in [0.05, 0.1) is 0 Å². The van der Waals surface area contributed by atoms with Gasteiger partial charge in [0.25, 0.3) is 0 Å². The molecule has 2 N–H and O–H groups in total. The summed E-state index contributed by atoms with van der Waals surface area (Å²) in [6.07, 6.45) is 3.55. The van der Waals surface area contributed by atoms with Crippen molar-refractivity contribution in [2.75, 3.05) is 12.0 Å². The predicted molar refractivity (Wildman–Crippen MR) is 53.1 cm³/mol. The fourth-order valence-corrected chi connectivity index (χ4v) is 1.65. The van der Waals surface area contributed by atoms with Crippen LogP contribution in [-0.4, -0.2) is 16.2 Å². The fourth-order valence-electron chi connectivity index (χ4n) is 1.12. The van der Waals surface area contributed by atoms with Crippen LogP contribution >= 0.6 is 11.8 Å². The summed E-state index contributed by atoms with van der Waals surface area (Å²) in [6.45, 7) is 4.06. The molecule has 1 aromatic heterocycles. The molecule has 0 saturated carbocycles. The highest BCUT2D eigenvalue weighted by atomic mass is 32.2. The highest BCUT2D eigenvalue weighted by molar-refractivity contribution is 7.98. The molecule has 0 aliphatic heterocycles. The summed E-state index contributed by atoms with van der Waals surface area (Å²) in [5.41, 5.74) is 7.77. The van der Waals surface area contributed by atoms with Crippen LogP contribution in [0.25, 0.3) is 0 Å². The Morgan fingerprint density at radius 3 is 2.67 bits per heavy atom. The summed E-state index contributed by atoms with van der Waals surface area (Å²) in [5.74, 6) is 0.601. The first-order chi connectivity index (χ1) is 5.66. The van der Waals surface area contributed by atoms with Crippen molar-refractivity contribution in [3.63, 3.8) is 0 Å². The Morgan fingerprint density at radius 1 is 1.50 bits per heavy atom. The van der Waals surface area contributed by atoms with E-state index in [0.717, 1.165) is 11.3 Å². The lowest BCUT2D eigenvalue weighted by molar-refractivity contribution is 0.989. The van der Waals surface area contributed by atoms with E-state index < -0.39 is 0 Å². The summed E-state index contributed by atoms with van der Waals surface area (Å²) >= 11 is 1.75. The van der Waals surface area contributed by atoms with Gasteiger partial charge in [-0.05, 0) is 20.1 Å². The zero-order valence-corrected chi connectivity index (χ0v) is 8.35. The van der Waals surface area contributed by atoms with Gasteiger partial charge in [0.2, 0.25) is 0 Å². The van der Waals surface area contributed by atoms with Crippen molar-refractivity contribution in [2.45, 2.75) is 19.1 Å². The molecule has 1 atom stereocenters. The molecule has 66 valence electrons. The van der Waals surface area contributed by atoms with Crippen molar-refractivity contribution < 1.29 is 0 Å². The molecular formula is C8H13N3S. The van der Waals surface area contributed by atoms with E-state index in [-0.39, 0.29) is 0 Å². The van der Waals surface area contributed by atoms with Gasteiger partial charge in [-0.25, -0.2) is 9.97 Å². The first kappa shape index (κ1) is 9.32. The standard InChI is InChI=1S/C8H13N3S/c1-5-7(6(2)12-3)8(9)11-4-10-5/h4,6H,1-3H3,(H2,9,10,11)/t6-/m0/s1. The SMILES string of the molecule is CS[C@@H](C)c1c(C)ncnc1N. The van der Waals surface area contributed by atoms with Crippen LogP contribution < -0.4 is 5.73 Å². The fraction of sp³-hybridized carbons (Fsp3) is 0.500. The number of hydrogen-bond donors (Lipinski definition) is 1. The van der Waals surface area contributed by atoms with Crippen LogP contribution in [0.3, 0.4) is 0 Å². The molecular weight excluding hydrogens is 170 g/mol. The number of nitrogens with two attached hydrogens (primary N) is 1. The molecule has 1 heterocycles. The Labute approximate surface area is 76.8 Å². The van der Waals surface area contributed by atoms with Gasteiger partial charge < -0.3 is 5.73 Å². The van der Waals surface area contributed by atoms with E-state index in [0.29, 0.717) is 11.1 Å². The summed E-state index contributed by atoms with van der Waals surface area (Å²) in [6, 6.07) is 0. The van der Waals surface area contributed by atoms with E-state index in [1.165, 1.54) is 6.33 Å². The van der Waals surface area contributed by atoms with Crippen LogP contribution in [0.15, 0.2) is 6.33 Å². The lowest BCUT2D eigenvalue weighted by atomic mass is 10.2. The van der Waals surface area contributed by atoms with Gasteiger partial charge in [-0.1, -0.05) is 0 Å². The number of nitrogen functional groups attached to an aromatic ring is 1. The Morgan fingerprint density at radius 2 is 2.17 bits per heavy atom. The van der Waals surface area contributed by atoms with Gasteiger partial charge in [-0.15, -0.1) is 0 Å². The molecule has 0 bridgehead atoms. The van der Waals surface area contributed by atoms with Crippen molar-refractivity contribution in [2.24, 2.45) is 0 Å². The highest BCUT2D eigenvalue weighted by Gasteiger charge is 2.11. The molecule has 4 heteroatoms.